The summed E-state index contributed by atoms with van der Waals surface area (Å²) in [5.74, 6) is -0.358. The largest absolute Gasteiger partial charge is 0.468 e. The highest BCUT2D eigenvalue weighted by Gasteiger charge is 2.39. The number of hydrogen-bond donors (Lipinski definition) is 1. The van der Waals surface area contributed by atoms with E-state index in [1.54, 1.807) is 20.9 Å². The second kappa shape index (κ2) is 5.95. The van der Waals surface area contributed by atoms with Gasteiger partial charge in [0, 0.05) is 7.11 Å². The van der Waals surface area contributed by atoms with Gasteiger partial charge in [-0.3, -0.25) is 0 Å². The normalized spacial score (nSPS) is 17.2. The predicted molar refractivity (Wildman–Crippen MR) is 51.9 cm³/mol. The Morgan fingerprint density at radius 1 is 1.50 bits per heavy atom. The van der Waals surface area contributed by atoms with Crippen LogP contribution in [0.25, 0.3) is 0 Å². The van der Waals surface area contributed by atoms with Crippen molar-refractivity contribution in [3.63, 3.8) is 0 Å². The highest BCUT2D eigenvalue weighted by atomic mass is 16.7. The lowest BCUT2D eigenvalue weighted by Gasteiger charge is -2.31. The van der Waals surface area contributed by atoms with Crippen LogP contribution in [0.3, 0.4) is 0 Å². The molecule has 0 saturated carbocycles. The molecule has 0 bridgehead atoms. The topological polar surface area (TPSA) is 56.8 Å². The number of esters is 1. The summed E-state index contributed by atoms with van der Waals surface area (Å²) in [6.07, 6.45) is -0.333. The third kappa shape index (κ3) is 2.94. The van der Waals surface area contributed by atoms with Crippen molar-refractivity contribution in [2.75, 3.05) is 28.1 Å². The van der Waals surface area contributed by atoms with Gasteiger partial charge in [0.15, 0.2) is 0 Å². The summed E-state index contributed by atoms with van der Waals surface area (Å²) in [6, 6.07) is 0. The fourth-order valence-electron chi connectivity index (χ4n) is 1.02. The van der Waals surface area contributed by atoms with Gasteiger partial charge < -0.3 is 19.5 Å². The van der Waals surface area contributed by atoms with Gasteiger partial charge in [-0.2, -0.15) is 0 Å². The van der Waals surface area contributed by atoms with Crippen LogP contribution >= 0.6 is 0 Å². The first-order chi connectivity index (χ1) is 6.52. The summed E-state index contributed by atoms with van der Waals surface area (Å²) in [6.45, 7) is 3.65. The zero-order valence-electron chi connectivity index (χ0n) is 9.42. The van der Waals surface area contributed by atoms with Gasteiger partial charge in [0.05, 0.1) is 13.2 Å². The smallest absolute Gasteiger partial charge is 0.328 e. The summed E-state index contributed by atoms with van der Waals surface area (Å²) in [7, 11) is 4.56. The molecule has 0 aliphatic heterocycles. The molecule has 5 nitrogen and oxygen atoms in total. The molecule has 0 rings (SSSR count). The Labute approximate surface area is 84.7 Å². The van der Waals surface area contributed by atoms with Crippen LogP contribution in [0, 0.1) is 0 Å². The van der Waals surface area contributed by atoms with Crippen molar-refractivity contribution in [3.8, 4) is 0 Å². The van der Waals surface area contributed by atoms with Crippen LogP contribution < -0.4 is 5.32 Å². The molecule has 1 unspecified atom stereocenters. The van der Waals surface area contributed by atoms with Crippen LogP contribution in [-0.4, -0.2) is 45.7 Å². The zero-order chi connectivity index (χ0) is 11.2. The quantitative estimate of drug-likeness (QED) is 0.494. The minimum Gasteiger partial charge on any atom is -0.468 e. The van der Waals surface area contributed by atoms with Crippen molar-refractivity contribution in [3.05, 3.63) is 0 Å². The number of carbonyl (C=O) groups is 1. The summed E-state index contributed by atoms with van der Waals surface area (Å²) in [5.41, 5.74) is -0.854. The Morgan fingerprint density at radius 2 is 2.07 bits per heavy atom. The van der Waals surface area contributed by atoms with E-state index >= 15 is 0 Å². The van der Waals surface area contributed by atoms with Gasteiger partial charge in [0.1, 0.15) is 12.3 Å². The lowest BCUT2D eigenvalue weighted by atomic mass is 9.96. The van der Waals surface area contributed by atoms with Crippen LogP contribution in [0.4, 0.5) is 0 Å². The van der Waals surface area contributed by atoms with E-state index in [4.69, 9.17) is 9.47 Å². The maximum Gasteiger partial charge on any atom is 0.328 e. The SMILES string of the molecule is CNC(C)(C(=O)OC)[C@H](C)OCOC. The van der Waals surface area contributed by atoms with Crippen molar-refractivity contribution in [2.24, 2.45) is 0 Å². The third-order valence-corrected chi connectivity index (χ3v) is 2.38. The highest BCUT2D eigenvalue weighted by Crippen LogP contribution is 2.14. The molecular formula is C9H19NO4. The lowest BCUT2D eigenvalue weighted by molar-refractivity contribution is -0.159. The Morgan fingerprint density at radius 3 is 2.43 bits per heavy atom. The molecule has 1 N–H and O–H groups in total. The molecule has 0 aromatic heterocycles. The van der Waals surface area contributed by atoms with Crippen molar-refractivity contribution in [1.29, 1.82) is 0 Å². The molecule has 0 aliphatic carbocycles. The first-order valence-corrected chi connectivity index (χ1v) is 4.40. The van der Waals surface area contributed by atoms with E-state index in [9.17, 15) is 4.79 Å². The Bertz CT molecular complexity index is 186. The number of rotatable bonds is 6. The fraction of sp³-hybridized carbons (Fsp3) is 0.889. The lowest BCUT2D eigenvalue weighted by Crippen LogP contribution is -2.57. The van der Waals surface area contributed by atoms with Gasteiger partial charge in [-0.1, -0.05) is 0 Å². The Kier molecular flexibility index (Phi) is 5.68. The molecule has 0 radical (unpaired) electrons. The van der Waals surface area contributed by atoms with Crippen LogP contribution in [-0.2, 0) is 19.0 Å². The molecule has 0 amide bonds. The van der Waals surface area contributed by atoms with E-state index in [1.165, 1.54) is 14.2 Å². The standard InChI is InChI=1S/C9H19NO4/c1-7(14-6-12-4)9(2,10-3)8(11)13-5/h7,10H,6H2,1-5H3/t7-,9?/m0/s1. The summed E-state index contributed by atoms with van der Waals surface area (Å²) < 4.78 is 14.7. The monoisotopic (exact) mass is 205 g/mol. The van der Waals surface area contributed by atoms with E-state index in [0.29, 0.717) is 0 Å². The third-order valence-electron chi connectivity index (χ3n) is 2.38. The molecular weight excluding hydrogens is 186 g/mol. The molecule has 0 spiro atoms. The van der Waals surface area contributed by atoms with Gasteiger partial charge >= 0.3 is 5.97 Å². The van der Waals surface area contributed by atoms with E-state index in [2.05, 4.69) is 10.1 Å². The highest BCUT2D eigenvalue weighted by molar-refractivity contribution is 5.81. The van der Waals surface area contributed by atoms with Gasteiger partial charge in [-0.25, -0.2) is 4.79 Å². The molecule has 0 aromatic rings. The molecule has 84 valence electrons. The Balaban J connectivity index is 4.42. The molecule has 0 aromatic carbocycles. The number of carbonyl (C=O) groups excluding carboxylic acids is 1. The fourth-order valence-corrected chi connectivity index (χ4v) is 1.02. The Hall–Kier alpha value is -0.650. The van der Waals surface area contributed by atoms with Gasteiger partial charge in [-0.05, 0) is 20.9 Å². The van der Waals surface area contributed by atoms with Crippen LogP contribution in [0.15, 0.2) is 0 Å². The van der Waals surface area contributed by atoms with E-state index in [0.717, 1.165) is 0 Å². The van der Waals surface area contributed by atoms with Crippen LogP contribution in [0.5, 0.6) is 0 Å². The molecule has 14 heavy (non-hydrogen) atoms. The predicted octanol–water partition coefficient (Wildman–Crippen LogP) is 0.146. The number of ether oxygens (including phenoxy) is 3. The number of likely N-dealkylation sites (N-methyl/N-ethyl adjacent to an activating group) is 1. The summed E-state index contributed by atoms with van der Waals surface area (Å²) in [4.78, 5) is 11.5. The van der Waals surface area contributed by atoms with Crippen molar-refractivity contribution >= 4 is 5.97 Å². The number of hydrogen-bond acceptors (Lipinski definition) is 5. The molecule has 0 aliphatic rings. The maximum atomic E-state index is 11.5. The minimum absolute atomic E-state index is 0.148. The molecule has 0 heterocycles. The van der Waals surface area contributed by atoms with Gasteiger partial charge in [0.2, 0.25) is 0 Å². The van der Waals surface area contributed by atoms with E-state index in [-0.39, 0.29) is 18.9 Å². The summed E-state index contributed by atoms with van der Waals surface area (Å²) in [5, 5.41) is 2.88. The molecule has 5 heteroatoms. The molecule has 0 fully saturated rings. The molecule has 0 saturated heterocycles. The summed E-state index contributed by atoms with van der Waals surface area (Å²) >= 11 is 0. The van der Waals surface area contributed by atoms with E-state index in [1.807, 2.05) is 0 Å². The average Bonchev–Trinajstić information content (AvgIpc) is 2.23. The number of nitrogens with one attached hydrogen (secondary N) is 1. The first-order valence-electron chi connectivity index (χ1n) is 4.40. The number of methoxy groups -OCH3 is 2. The van der Waals surface area contributed by atoms with Crippen molar-refractivity contribution in [2.45, 2.75) is 25.5 Å². The van der Waals surface area contributed by atoms with Crippen molar-refractivity contribution in [1.82, 2.24) is 5.32 Å². The second-order valence-electron chi connectivity index (χ2n) is 3.16. The van der Waals surface area contributed by atoms with Crippen molar-refractivity contribution < 1.29 is 19.0 Å². The van der Waals surface area contributed by atoms with Crippen LogP contribution in [0.1, 0.15) is 13.8 Å². The van der Waals surface area contributed by atoms with Gasteiger partial charge in [-0.15, -0.1) is 0 Å². The average molecular weight is 205 g/mol. The minimum atomic E-state index is -0.854. The van der Waals surface area contributed by atoms with E-state index < -0.39 is 5.54 Å². The second-order valence-corrected chi connectivity index (χ2v) is 3.16. The molecule has 2 atom stereocenters. The zero-order valence-corrected chi connectivity index (χ0v) is 9.42. The maximum absolute atomic E-state index is 11.5. The van der Waals surface area contributed by atoms with Crippen LogP contribution in [0.2, 0.25) is 0 Å². The van der Waals surface area contributed by atoms with Gasteiger partial charge in [0.25, 0.3) is 0 Å². The first kappa shape index (κ1) is 13.4.